The summed E-state index contributed by atoms with van der Waals surface area (Å²) in [5.74, 6) is 1.34. The largest absolute Gasteiger partial charge is 0.357 e. The van der Waals surface area contributed by atoms with Crippen molar-refractivity contribution in [3.63, 3.8) is 0 Å². The lowest BCUT2D eigenvalue weighted by Crippen LogP contribution is -2.43. The van der Waals surface area contributed by atoms with Crippen molar-refractivity contribution < 1.29 is 0 Å². The Kier molecular flexibility index (Phi) is 10.7. The highest BCUT2D eigenvalue weighted by Gasteiger charge is 2.16. The molecule has 0 aliphatic rings. The van der Waals surface area contributed by atoms with E-state index >= 15 is 0 Å². The van der Waals surface area contributed by atoms with Crippen LogP contribution in [-0.4, -0.2) is 35.0 Å². The van der Waals surface area contributed by atoms with Crippen LogP contribution in [0.4, 0.5) is 0 Å². The van der Waals surface area contributed by atoms with Gasteiger partial charge in [-0.15, -0.1) is 35.3 Å². The zero-order chi connectivity index (χ0) is 15.9. The fraction of sp³-hybridized carbons (Fsp3) is 0.733. The molecule has 128 valence electrons. The first-order valence-corrected chi connectivity index (χ1v) is 9.50. The molecule has 0 saturated carbocycles. The minimum atomic E-state index is 0. The number of thioether (sulfide) groups is 1. The Bertz CT molecular complexity index is 458. The van der Waals surface area contributed by atoms with Crippen molar-refractivity contribution in [1.82, 2.24) is 15.6 Å². The number of nitrogens with one attached hydrogen (secondary N) is 2. The van der Waals surface area contributed by atoms with Crippen LogP contribution in [0.2, 0.25) is 0 Å². The second-order valence-electron chi connectivity index (χ2n) is 5.83. The highest BCUT2D eigenvalue weighted by atomic mass is 127. The van der Waals surface area contributed by atoms with Gasteiger partial charge in [-0.3, -0.25) is 0 Å². The van der Waals surface area contributed by atoms with E-state index in [1.54, 1.807) is 11.3 Å². The lowest BCUT2D eigenvalue weighted by Gasteiger charge is -2.23. The van der Waals surface area contributed by atoms with E-state index in [0.717, 1.165) is 29.8 Å². The van der Waals surface area contributed by atoms with Crippen molar-refractivity contribution in [3.8, 4) is 0 Å². The van der Waals surface area contributed by atoms with Gasteiger partial charge < -0.3 is 10.6 Å². The van der Waals surface area contributed by atoms with Crippen LogP contribution < -0.4 is 10.6 Å². The number of guanidine groups is 1. The number of halogens is 1. The monoisotopic (exact) mass is 456 g/mol. The Morgan fingerprint density at radius 3 is 2.59 bits per heavy atom. The molecule has 0 fully saturated rings. The molecule has 7 heteroatoms. The van der Waals surface area contributed by atoms with Crippen molar-refractivity contribution in [3.05, 3.63) is 16.1 Å². The predicted molar refractivity (Wildman–Crippen MR) is 112 cm³/mol. The molecule has 1 heterocycles. The Balaban J connectivity index is 0.00000441. The molecule has 4 nitrogen and oxygen atoms in total. The molecule has 0 unspecified atom stereocenters. The third-order valence-electron chi connectivity index (χ3n) is 3.11. The van der Waals surface area contributed by atoms with E-state index in [0.29, 0.717) is 12.5 Å². The van der Waals surface area contributed by atoms with Crippen LogP contribution in [-0.2, 0) is 6.54 Å². The van der Waals surface area contributed by atoms with Gasteiger partial charge >= 0.3 is 0 Å². The summed E-state index contributed by atoms with van der Waals surface area (Å²) in [6, 6.07) is 0. The van der Waals surface area contributed by atoms with Gasteiger partial charge in [0.05, 0.1) is 12.2 Å². The molecule has 1 aromatic heterocycles. The third-order valence-corrected chi connectivity index (χ3v) is 5.21. The number of thiazole rings is 1. The summed E-state index contributed by atoms with van der Waals surface area (Å²) in [5.41, 5.74) is 1.16. The second kappa shape index (κ2) is 10.7. The minimum absolute atomic E-state index is 0. The number of hydrogen-bond donors (Lipinski definition) is 2. The summed E-state index contributed by atoms with van der Waals surface area (Å²) in [6.45, 7) is 13.2. The first-order chi connectivity index (χ1) is 9.88. The molecule has 0 aliphatic carbocycles. The van der Waals surface area contributed by atoms with Crippen molar-refractivity contribution >= 4 is 53.0 Å². The first kappa shape index (κ1) is 22.0. The van der Waals surface area contributed by atoms with Gasteiger partial charge in [0.2, 0.25) is 0 Å². The molecule has 1 aromatic rings. The average molecular weight is 456 g/mol. The van der Waals surface area contributed by atoms with Gasteiger partial charge in [-0.25, -0.2) is 9.98 Å². The molecule has 0 aliphatic heterocycles. The van der Waals surface area contributed by atoms with Crippen molar-refractivity contribution in [2.45, 2.75) is 51.8 Å². The van der Waals surface area contributed by atoms with E-state index in [1.807, 2.05) is 11.8 Å². The maximum Gasteiger partial charge on any atom is 0.191 e. The Morgan fingerprint density at radius 1 is 1.41 bits per heavy atom. The van der Waals surface area contributed by atoms with E-state index in [-0.39, 0.29) is 28.7 Å². The quantitative estimate of drug-likeness (QED) is 0.369. The molecule has 1 rings (SSSR count). The maximum absolute atomic E-state index is 4.63. The molecule has 22 heavy (non-hydrogen) atoms. The molecule has 0 radical (unpaired) electrons. The molecule has 0 saturated heterocycles. The van der Waals surface area contributed by atoms with Crippen LogP contribution in [0, 0.1) is 0 Å². The number of aliphatic imine (C=N–C) groups is 1. The topological polar surface area (TPSA) is 49.3 Å². The lowest BCUT2D eigenvalue weighted by atomic mass is 10.2. The van der Waals surface area contributed by atoms with Crippen molar-refractivity contribution in [2.24, 2.45) is 4.99 Å². The van der Waals surface area contributed by atoms with Crippen LogP contribution in [0.25, 0.3) is 0 Å². The van der Waals surface area contributed by atoms with E-state index < -0.39 is 0 Å². The van der Waals surface area contributed by atoms with Gasteiger partial charge in [0, 0.05) is 23.2 Å². The number of hydrogen-bond acceptors (Lipinski definition) is 4. The van der Waals surface area contributed by atoms with Crippen molar-refractivity contribution in [2.75, 3.05) is 19.3 Å². The summed E-state index contributed by atoms with van der Waals surface area (Å²) in [6.07, 6.45) is 2.13. The summed E-state index contributed by atoms with van der Waals surface area (Å²) < 4.78 is 0.197. The smallest absolute Gasteiger partial charge is 0.191 e. The molecular weight excluding hydrogens is 427 g/mol. The van der Waals surface area contributed by atoms with E-state index in [1.165, 1.54) is 0 Å². The predicted octanol–water partition coefficient (Wildman–Crippen LogP) is 4.08. The first-order valence-electron chi connectivity index (χ1n) is 7.39. The highest BCUT2D eigenvalue weighted by molar-refractivity contribution is 14.0. The van der Waals surface area contributed by atoms with Gasteiger partial charge in [-0.05, 0) is 32.9 Å². The summed E-state index contributed by atoms with van der Waals surface area (Å²) in [7, 11) is 0. The molecule has 2 N–H and O–H groups in total. The lowest BCUT2D eigenvalue weighted by molar-refractivity contribution is 0.664. The summed E-state index contributed by atoms with van der Waals surface area (Å²) in [4.78, 5) is 9.25. The summed E-state index contributed by atoms with van der Waals surface area (Å²) in [5, 5.41) is 9.89. The Morgan fingerprint density at radius 2 is 2.09 bits per heavy atom. The summed E-state index contributed by atoms with van der Waals surface area (Å²) >= 11 is 3.54. The molecular formula is C15H29IN4S2. The fourth-order valence-electron chi connectivity index (χ4n) is 1.52. The SMILES string of the molecule is CCNC(=NCc1nc(C(C)C)cs1)NCC(C)(C)SC.I. The van der Waals surface area contributed by atoms with Gasteiger partial charge in [-0.2, -0.15) is 11.8 Å². The molecule has 0 atom stereocenters. The molecule has 0 amide bonds. The molecule has 0 spiro atoms. The fourth-order valence-corrected chi connectivity index (χ4v) is 2.62. The third kappa shape index (κ3) is 8.01. The van der Waals surface area contributed by atoms with E-state index in [2.05, 4.69) is 66.9 Å². The number of nitrogens with zero attached hydrogens (tertiary/aromatic N) is 2. The Labute approximate surface area is 160 Å². The zero-order valence-electron chi connectivity index (χ0n) is 14.4. The number of aromatic nitrogens is 1. The number of rotatable bonds is 7. The van der Waals surface area contributed by atoms with Gasteiger partial charge in [0.1, 0.15) is 5.01 Å². The van der Waals surface area contributed by atoms with Crippen LogP contribution in [0.3, 0.4) is 0 Å². The average Bonchev–Trinajstić information content (AvgIpc) is 2.91. The Hall–Kier alpha value is -0.0200. The molecule has 0 bridgehead atoms. The van der Waals surface area contributed by atoms with Crippen molar-refractivity contribution in [1.29, 1.82) is 0 Å². The maximum atomic E-state index is 4.63. The van der Waals surface area contributed by atoms with Crippen LogP contribution in [0.5, 0.6) is 0 Å². The van der Waals surface area contributed by atoms with Gasteiger partial charge in [-0.1, -0.05) is 13.8 Å². The van der Waals surface area contributed by atoms with Gasteiger partial charge in [0.15, 0.2) is 5.96 Å². The van der Waals surface area contributed by atoms with E-state index in [4.69, 9.17) is 0 Å². The van der Waals surface area contributed by atoms with Crippen LogP contribution >= 0.6 is 47.1 Å². The normalized spacial score (nSPS) is 12.2. The zero-order valence-corrected chi connectivity index (χ0v) is 18.4. The molecule has 0 aromatic carbocycles. The second-order valence-corrected chi connectivity index (χ2v) is 8.29. The standard InChI is InChI=1S/C15H28N4S2.HI/c1-7-16-14(18-10-15(4,5)20-6)17-8-13-19-12(9-21-13)11(2)3;/h9,11H,7-8,10H2,1-6H3,(H2,16,17,18);1H. The minimum Gasteiger partial charge on any atom is -0.357 e. The van der Waals surface area contributed by atoms with Gasteiger partial charge in [0.25, 0.3) is 0 Å². The van der Waals surface area contributed by atoms with Crippen LogP contribution in [0.1, 0.15) is 51.2 Å². The van der Waals surface area contributed by atoms with E-state index in [9.17, 15) is 0 Å². The van der Waals surface area contributed by atoms with Crippen LogP contribution in [0.15, 0.2) is 10.4 Å². The highest BCUT2D eigenvalue weighted by Crippen LogP contribution is 2.20.